The average Bonchev–Trinajstić information content (AvgIpc) is 3.69. The summed E-state index contributed by atoms with van der Waals surface area (Å²) in [6.45, 7) is 4.90. The summed E-state index contributed by atoms with van der Waals surface area (Å²) in [5.41, 5.74) is 0.608. The van der Waals surface area contributed by atoms with Gasteiger partial charge in [-0.2, -0.15) is 5.10 Å². The van der Waals surface area contributed by atoms with Crippen molar-refractivity contribution in [1.82, 2.24) is 35.1 Å². The quantitative estimate of drug-likeness (QED) is 0.336. The van der Waals surface area contributed by atoms with Crippen LogP contribution in [0.5, 0.6) is 5.88 Å². The number of piperazine rings is 1. The van der Waals surface area contributed by atoms with Gasteiger partial charge in [0.1, 0.15) is 12.1 Å². The highest BCUT2D eigenvalue weighted by molar-refractivity contribution is 5.96. The lowest BCUT2D eigenvalue weighted by atomic mass is 9.93. The van der Waals surface area contributed by atoms with Crippen LogP contribution in [0.2, 0.25) is 0 Å². The van der Waals surface area contributed by atoms with E-state index in [0.29, 0.717) is 25.1 Å². The molecule has 2 aliphatic heterocycles. The van der Waals surface area contributed by atoms with Crippen molar-refractivity contribution in [2.24, 2.45) is 5.92 Å². The molecule has 1 aromatic heterocycles. The smallest absolute Gasteiger partial charge is 0.407 e. The Labute approximate surface area is 268 Å². The highest BCUT2D eigenvalue weighted by Gasteiger charge is 2.36. The molecule has 1 saturated carbocycles. The molecule has 3 fully saturated rings. The molecule has 3 heterocycles. The van der Waals surface area contributed by atoms with E-state index in [9.17, 15) is 29.1 Å². The molecule has 2 aromatic rings. The van der Waals surface area contributed by atoms with Gasteiger partial charge in [-0.1, -0.05) is 32.0 Å². The molecule has 3 aliphatic rings. The minimum atomic E-state index is -1.03. The van der Waals surface area contributed by atoms with E-state index in [4.69, 9.17) is 4.74 Å². The molecule has 14 nitrogen and oxygen atoms in total. The third kappa shape index (κ3) is 7.77. The second kappa shape index (κ2) is 14.6. The number of nitrogens with zero attached hydrogens (tertiary/aromatic N) is 5. The number of carboxylic acid groups (broad SMARTS) is 1. The molecular weight excluding hydrogens is 594 g/mol. The second-order valence-electron chi connectivity index (χ2n) is 12.5. The lowest BCUT2D eigenvalue weighted by Gasteiger charge is -2.35. The normalized spacial score (nSPS) is 19.0. The highest BCUT2D eigenvalue weighted by atomic mass is 16.5. The van der Waals surface area contributed by atoms with Crippen molar-refractivity contribution >= 4 is 29.7 Å². The molecule has 14 heteroatoms. The topological polar surface area (TPSA) is 166 Å². The zero-order chi connectivity index (χ0) is 32.8. The first kappa shape index (κ1) is 32.8. The van der Waals surface area contributed by atoms with E-state index in [1.165, 1.54) is 15.6 Å². The first-order valence-electron chi connectivity index (χ1n) is 16.1. The predicted molar refractivity (Wildman–Crippen MR) is 166 cm³/mol. The zero-order valence-corrected chi connectivity index (χ0v) is 26.4. The Hall–Kier alpha value is -4.62. The minimum absolute atomic E-state index is 0.00230. The number of amides is 5. The van der Waals surface area contributed by atoms with Crippen molar-refractivity contribution in [2.75, 3.05) is 39.3 Å². The van der Waals surface area contributed by atoms with Crippen molar-refractivity contribution in [2.45, 2.75) is 70.5 Å². The highest BCUT2D eigenvalue weighted by Crippen LogP contribution is 2.24. The van der Waals surface area contributed by atoms with E-state index in [1.54, 1.807) is 21.9 Å². The molecule has 2 atom stereocenters. The Kier molecular flexibility index (Phi) is 10.4. The van der Waals surface area contributed by atoms with Crippen LogP contribution in [0.25, 0.3) is 5.69 Å². The summed E-state index contributed by atoms with van der Waals surface area (Å²) in [5, 5.41) is 19.6. The fraction of sp³-hybridized carbons (Fsp3) is 0.562. The number of aromatic nitrogens is 2. The molecule has 3 N–H and O–H groups in total. The van der Waals surface area contributed by atoms with Gasteiger partial charge in [0.25, 0.3) is 11.8 Å². The van der Waals surface area contributed by atoms with E-state index in [-0.39, 0.29) is 74.0 Å². The Balaban J connectivity index is 1.28. The van der Waals surface area contributed by atoms with Crippen LogP contribution in [0.1, 0.15) is 62.9 Å². The van der Waals surface area contributed by atoms with Gasteiger partial charge in [0.15, 0.2) is 12.3 Å². The molecule has 5 rings (SSSR count). The van der Waals surface area contributed by atoms with Crippen LogP contribution >= 0.6 is 0 Å². The maximum absolute atomic E-state index is 13.5. The Morgan fingerprint density at radius 2 is 1.65 bits per heavy atom. The largest absolute Gasteiger partial charge is 0.467 e. The number of nitrogens with one attached hydrogen (secondary N) is 2. The van der Waals surface area contributed by atoms with E-state index in [0.717, 1.165) is 25.7 Å². The maximum Gasteiger partial charge on any atom is 0.407 e. The first-order valence-corrected chi connectivity index (χ1v) is 16.1. The van der Waals surface area contributed by atoms with Gasteiger partial charge in [0.05, 0.1) is 5.69 Å². The number of benzene rings is 1. The van der Waals surface area contributed by atoms with Crippen molar-refractivity contribution in [1.29, 1.82) is 0 Å². The van der Waals surface area contributed by atoms with Crippen LogP contribution < -0.4 is 15.4 Å². The van der Waals surface area contributed by atoms with E-state index in [1.807, 2.05) is 32.0 Å². The van der Waals surface area contributed by atoms with Crippen LogP contribution in [-0.2, 0) is 14.4 Å². The molecule has 46 heavy (non-hydrogen) atoms. The fourth-order valence-electron chi connectivity index (χ4n) is 6.00. The average molecular weight is 638 g/mol. The summed E-state index contributed by atoms with van der Waals surface area (Å²) in [4.78, 5) is 68.8. The van der Waals surface area contributed by atoms with Crippen molar-refractivity contribution in [3.05, 3.63) is 42.1 Å². The van der Waals surface area contributed by atoms with Crippen LogP contribution in [0.3, 0.4) is 0 Å². The number of hydrogen-bond donors (Lipinski definition) is 3. The number of carbonyl (C=O) groups excluding carboxylic acids is 4. The Morgan fingerprint density at radius 1 is 0.957 bits per heavy atom. The Bertz CT molecular complexity index is 1420. The molecule has 0 radical (unpaired) electrons. The Morgan fingerprint density at radius 3 is 2.28 bits per heavy atom. The van der Waals surface area contributed by atoms with Gasteiger partial charge < -0.3 is 35.2 Å². The maximum atomic E-state index is 13.5. The van der Waals surface area contributed by atoms with Gasteiger partial charge in [0.2, 0.25) is 17.7 Å². The monoisotopic (exact) mass is 637 g/mol. The van der Waals surface area contributed by atoms with Crippen molar-refractivity contribution in [3.8, 4) is 11.6 Å². The number of hydrogen-bond acceptors (Lipinski definition) is 7. The summed E-state index contributed by atoms with van der Waals surface area (Å²) < 4.78 is 7.38. The van der Waals surface area contributed by atoms with Gasteiger partial charge in [-0.25, -0.2) is 9.48 Å². The van der Waals surface area contributed by atoms with E-state index < -0.39 is 24.1 Å². The van der Waals surface area contributed by atoms with Crippen LogP contribution in [0.4, 0.5) is 4.79 Å². The fourth-order valence-corrected chi connectivity index (χ4v) is 6.00. The van der Waals surface area contributed by atoms with Gasteiger partial charge in [-0.15, -0.1) is 0 Å². The first-order chi connectivity index (χ1) is 22.1. The lowest BCUT2D eigenvalue weighted by molar-refractivity contribution is -0.140. The summed E-state index contributed by atoms with van der Waals surface area (Å²) in [5.74, 6) is -1.07. The number of likely N-dealkylation sites (tertiary alicyclic amines) is 1. The molecule has 248 valence electrons. The standard InChI is InChI=1S/C32H43N7O7/c1-21(2)18-25(31(43)36-14-16-37(17-15-36)32(44)45)34-29(41)24-19-28(39(35-24)23-10-4-3-5-11-23)46-20-27(40)38-13-7-12-26(38)30(42)33-22-8-6-9-22/h3-5,10-11,19,21-22,25-26H,6-9,12-18,20H2,1-2H3,(H,33,42)(H,34,41)(H,44,45)/t25-,26-/m0/s1. The summed E-state index contributed by atoms with van der Waals surface area (Å²) >= 11 is 0. The number of ether oxygens (including phenoxy) is 1. The third-order valence-corrected chi connectivity index (χ3v) is 8.75. The van der Waals surface area contributed by atoms with Crippen molar-refractivity contribution < 1.29 is 33.8 Å². The molecule has 0 unspecified atom stereocenters. The summed E-state index contributed by atoms with van der Waals surface area (Å²) in [6.07, 6.45) is 3.71. The molecule has 5 amide bonds. The van der Waals surface area contributed by atoms with Crippen LogP contribution in [0, 0.1) is 5.92 Å². The zero-order valence-electron chi connectivity index (χ0n) is 26.4. The molecule has 0 bridgehead atoms. The molecule has 1 aliphatic carbocycles. The summed E-state index contributed by atoms with van der Waals surface area (Å²) in [7, 11) is 0. The van der Waals surface area contributed by atoms with Gasteiger partial charge in [-0.05, 0) is 56.6 Å². The number of rotatable bonds is 11. The SMILES string of the molecule is CC(C)C[C@H](NC(=O)c1cc(OCC(=O)N2CCC[C@H]2C(=O)NC2CCC2)n(-c2ccccc2)n1)C(=O)N1CCN(C(=O)O)CC1. The molecular formula is C32H43N7O7. The molecule has 0 spiro atoms. The van der Waals surface area contributed by atoms with Crippen molar-refractivity contribution in [3.63, 3.8) is 0 Å². The third-order valence-electron chi connectivity index (χ3n) is 8.75. The lowest BCUT2D eigenvalue weighted by Crippen LogP contribution is -2.56. The second-order valence-corrected chi connectivity index (χ2v) is 12.5. The van der Waals surface area contributed by atoms with Gasteiger partial charge in [0, 0.05) is 44.8 Å². The molecule has 2 saturated heterocycles. The van der Waals surface area contributed by atoms with E-state index in [2.05, 4.69) is 15.7 Å². The van der Waals surface area contributed by atoms with E-state index >= 15 is 0 Å². The van der Waals surface area contributed by atoms with Crippen LogP contribution in [-0.4, -0.2) is 117 Å². The molecule has 1 aromatic carbocycles. The predicted octanol–water partition coefficient (Wildman–Crippen LogP) is 1.88. The minimum Gasteiger partial charge on any atom is -0.467 e. The number of para-hydroxylation sites is 1. The van der Waals surface area contributed by atoms with Crippen LogP contribution in [0.15, 0.2) is 36.4 Å². The van der Waals surface area contributed by atoms with Gasteiger partial charge >= 0.3 is 6.09 Å². The van der Waals surface area contributed by atoms with Gasteiger partial charge in [-0.3, -0.25) is 19.2 Å². The summed E-state index contributed by atoms with van der Waals surface area (Å²) in [6, 6.07) is 9.27. The number of carbonyl (C=O) groups is 5.